The van der Waals surface area contributed by atoms with Crippen molar-refractivity contribution in [3.05, 3.63) is 35.5 Å². The third kappa shape index (κ3) is 4.98. The highest BCUT2D eigenvalue weighted by Gasteiger charge is 2.00. The highest BCUT2D eigenvalue weighted by Crippen LogP contribution is 1.99. The highest BCUT2D eigenvalue weighted by molar-refractivity contribution is 5.96. The smallest absolute Gasteiger partial charge is 0.265 e. The van der Waals surface area contributed by atoms with Crippen molar-refractivity contribution in [2.45, 2.75) is 20.8 Å². The van der Waals surface area contributed by atoms with Gasteiger partial charge < -0.3 is 0 Å². The summed E-state index contributed by atoms with van der Waals surface area (Å²) in [6, 6.07) is 0. The van der Waals surface area contributed by atoms with Crippen LogP contribution in [-0.2, 0) is 4.79 Å². The van der Waals surface area contributed by atoms with Crippen LogP contribution < -0.4 is 11.3 Å². The summed E-state index contributed by atoms with van der Waals surface area (Å²) < 4.78 is 0. The summed E-state index contributed by atoms with van der Waals surface area (Å²) in [5, 5.41) is 0. The van der Waals surface area contributed by atoms with Gasteiger partial charge in [0.2, 0.25) is 0 Å². The van der Waals surface area contributed by atoms with E-state index < -0.39 is 0 Å². The Morgan fingerprint density at radius 1 is 1.31 bits per heavy atom. The molecule has 0 fully saturated rings. The summed E-state index contributed by atoms with van der Waals surface area (Å²) in [5.74, 6) is 4.73. The first-order valence-electron chi connectivity index (χ1n) is 4.10. The molecular weight excluding hydrogens is 164 g/mol. The second kappa shape index (κ2) is 6.20. The SMILES string of the molecule is C/C=C\C(=C/C=C(C)C)C(=O)NN. The Bertz CT molecular complexity index is 258. The molecule has 3 N–H and O–H groups in total. The van der Waals surface area contributed by atoms with Crippen molar-refractivity contribution < 1.29 is 4.79 Å². The molecule has 0 aliphatic heterocycles. The third-order valence-corrected chi connectivity index (χ3v) is 1.34. The van der Waals surface area contributed by atoms with Gasteiger partial charge in [-0.3, -0.25) is 10.2 Å². The van der Waals surface area contributed by atoms with E-state index in [2.05, 4.69) is 5.43 Å². The van der Waals surface area contributed by atoms with Crippen LogP contribution in [0.4, 0.5) is 0 Å². The summed E-state index contributed by atoms with van der Waals surface area (Å²) in [6.45, 7) is 5.77. The molecule has 0 aromatic heterocycles. The minimum absolute atomic E-state index is 0.282. The number of rotatable bonds is 3. The maximum atomic E-state index is 11.1. The Kier molecular flexibility index (Phi) is 5.55. The van der Waals surface area contributed by atoms with Gasteiger partial charge in [0.1, 0.15) is 0 Å². The number of hydrogen-bond donors (Lipinski definition) is 2. The number of hydrogen-bond acceptors (Lipinski definition) is 2. The molecule has 0 radical (unpaired) electrons. The van der Waals surface area contributed by atoms with Gasteiger partial charge in [-0.2, -0.15) is 0 Å². The molecule has 0 saturated carbocycles. The molecule has 1 amide bonds. The fourth-order valence-electron chi connectivity index (χ4n) is 0.726. The molecule has 0 heterocycles. The number of nitrogens with two attached hydrogens (primary N) is 1. The maximum Gasteiger partial charge on any atom is 0.265 e. The molecule has 0 atom stereocenters. The van der Waals surface area contributed by atoms with Gasteiger partial charge in [0, 0.05) is 5.57 Å². The summed E-state index contributed by atoms with van der Waals surface area (Å²) in [6.07, 6.45) is 7.10. The molecule has 3 nitrogen and oxygen atoms in total. The fourth-order valence-corrected chi connectivity index (χ4v) is 0.726. The van der Waals surface area contributed by atoms with Crippen molar-refractivity contribution in [2.24, 2.45) is 5.84 Å². The molecule has 0 aromatic rings. The van der Waals surface area contributed by atoms with Gasteiger partial charge in [-0.15, -0.1) is 0 Å². The Labute approximate surface area is 79.0 Å². The van der Waals surface area contributed by atoms with Gasteiger partial charge in [0.05, 0.1) is 0 Å². The van der Waals surface area contributed by atoms with Crippen molar-refractivity contribution in [1.82, 2.24) is 5.43 Å². The van der Waals surface area contributed by atoms with Gasteiger partial charge in [0.15, 0.2) is 0 Å². The van der Waals surface area contributed by atoms with Crippen LogP contribution in [-0.4, -0.2) is 5.91 Å². The van der Waals surface area contributed by atoms with Gasteiger partial charge in [-0.05, 0) is 26.8 Å². The zero-order chi connectivity index (χ0) is 10.3. The minimum atomic E-state index is -0.282. The van der Waals surface area contributed by atoms with E-state index in [4.69, 9.17) is 5.84 Å². The van der Waals surface area contributed by atoms with Crippen LogP contribution >= 0.6 is 0 Å². The zero-order valence-corrected chi connectivity index (χ0v) is 8.29. The zero-order valence-electron chi connectivity index (χ0n) is 8.29. The predicted octanol–water partition coefficient (Wildman–Crippen LogP) is 1.44. The maximum absolute atomic E-state index is 11.1. The molecule has 0 bridgehead atoms. The average molecular weight is 180 g/mol. The van der Waals surface area contributed by atoms with Gasteiger partial charge in [-0.1, -0.05) is 23.8 Å². The number of carbonyl (C=O) groups is 1. The van der Waals surface area contributed by atoms with E-state index in [-0.39, 0.29) is 5.91 Å². The van der Waals surface area contributed by atoms with Crippen LogP contribution in [0.1, 0.15) is 20.8 Å². The fraction of sp³-hybridized carbons (Fsp3) is 0.300. The first-order chi connectivity index (χ1) is 6.11. The van der Waals surface area contributed by atoms with Gasteiger partial charge in [0.25, 0.3) is 5.91 Å². The Balaban J connectivity index is 4.70. The van der Waals surface area contributed by atoms with Crippen molar-refractivity contribution in [1.29, 1.82) is 0 Å². The van der Waals surface area contributed by atoms with E-state index in [0.29, 0.717) is 5.57 Å². The normalized spacial score (nSPS) is 11.5. The minimum Gasteiger partial charge on any atom is -0.290 e. The number of allylic oxidation sites excluding steroid dienone is 4. The van der Waals surface area contributed by atoms with E-state index in [1.165, 1.54) is 0 Å². The van der Waals surface area contributed by atoms with Gasteiger partial charge >= 0.3 is 0 Å². The molecule has 3 heteroatoms. The van der Waals surface area contributed by atoms with Gasteiger partial charge in [-0.25, -0.2) is 5.84 Å². The largest absolute Gasteiger partial charge is 0.290 e. The molecule has 0 aromatic carbocycles. The monoisotopic (exact) mass is 180 g/mol. The summed E-state index contributed by atoms with van der Waals surface area (Å²) in [5.41, 5.74) is 3.76. The number of nitrogens with one attached hydrogen (secondary N) is 1. The number of hydrazine groups is 1. The Morgan fingerprint density at radius 2 is 1.92 bits per heavy atom. The quantitative estimate of drug-likeness (QED) is 0.227. The third-order valence-electron chi connectivity index (χ3n) is 1.34. The lowest BCUT2D eigenvalue weighted by Crippen LogP contribution is -2.30. The number of carbonyl (C=O) groups excluding carboxylic acids is 1. The second-order valence-electron chi connectivity index (χ2n) is 2.84. The second-order valence-corrected chi connectivity index (χ2v) is 2.84. The predicted molar refractivity (Wildman–Crippen MR) is 54.7 cm³/mol. The molecule has 13 heavy (non-hydrogen) atoms. The first kappa shape index (κ1) is 11.6. The molecule has 0 unspecified atom stereocenters. The summed E-state index contributed by atoms with van der Waals surface area (Å²) in [7, 11) is 0. The molecule has 0 aliphatic carbocycles. The van der Waals surface area contributed by atoms with Crippen LogP contribution in [0.25, 0.3) is 0 Å². The lowest BCUT2D eigenvalue weighted by molar-refractivity contribution is -0.117. The summed E-state index contributed by atoms with van der Waals surface area (Å²) >= 11 is 0. The van der Waals surface area contributed by atoms with Crippen LogP contribution in [0.2, 0.25) is 0 Å². The first-order valence-corrected chi connectivity index (χ1v) is 4.10. The van der Waals surface area contributed by atoms with E-state index in [0.717, 1.165) is 5.57 Å². The van der Waals surface area contributed by atoms with E-state index in [1.54, 1.807) is 18.2 Å². The lowest BCUT2D eigenvalue weighted by Gasteiger charge is -1.98. The highest BCUT2D eigenvalue weighted by atomic mass is 16.2. The topological polar surface area (TPSA) is 55.1 Å². The Morgan fingerprint density at radius 3 is 2.31 bits per heavy atom. The summed E-state index contributed by atoms with van der Waals surface area (Å²) in [4.78, 5) is 11.1. The van der Waals surface area contributed by atoms with E-state index in [9.17, 15) is 4.79 Å². The Hall–Kier alpha value is -1.35. The average Bonchev–Trinajstić information content (AvgIpc) is 2.10. The number of amides is 1. The van der Waals surface area contributed by atoms with E-state index in [1.807, 2.05) is 26.8 Å². The molecular formula is C10H16N2O. The lowest BCUT2D eigenvalue weighted by atomic mass is 10.2. The standard InChI is InChI=1S/C10H16N2O/c1-4-5-9(10(13)12-11)7-6-8(2)3/h4-7H,11H2,1-3H3,(H,12,13)/b5-4-,9-7+. The van der Waals surface area contributed by atoms with Crippen molar-refractivity contribution in [3.8, 4) is 0 Å². The molecule has 0 spiro atoms. The van der Waals surface area contributed by atoms with Crippen molar-refractivity contribution >= 4 is 5.91 Å². The van der Waals surface area contributed by atoms with Crippen LogP contribution in [0.15, 0.2) is 35.5 Å². The molecule has 0 rings (SSSR count). The van der Waals surface area contributed by atoms with Crippen LogP contribution in [0.3, 0.4) is 0 Å². The molecule has 0 aliphatic rings. The van der Waals surface area contributed by atoms with E-state index >= 15 is 0 Å². The van der Waals surface area contributed by atoms with Crippen molar-refractivity contribution in [3.63, 3.8) is 0 Å². The van der Waals surface area contributed by atoms with Crippen LogP contribution in [0, 0.1) is 0 Å². The van der Waals surface area contributed by atoms with Crippen LogP contribution in [0.5, 0.6) is 0 Å². The molecule has 72 valence electrons. The molecule has 0 saturated heterocycles. The van der Waals surface area contributed by atoms with Crippen molar-refractivity contribution in [2.75, 3.05) is 0 Å².